The molecule has 1 amide bonds. The van der Waals surface area contributed by atoms with Crippen LogP contribution in [0.2, 0.25) is 5.02 Å². The Kier molecular flexibility index (Phi) is 5.06. The highest BCUT2D eigenvalue weighted by atomic mass is 35.5. The number of thiophene rings is 1. The maximum atomic E-state index is 12.4. The summed E-state index contributed by atoms with van der Waals surface area (Å²) in [5, 5.41) is 7.32. The van der Waals surface area contributed by atoms with Crippen LogP contribution in [0.25, 0.3) is 10.7 Å². The van der Waals surface area contributed by atoms with Crippen molar-refractivity contribution in [2.75, 3.05) is 5.32 Å². The molecule has 0 aliphatic rings. The Balaban J connectivity index is 1.69. The molecule has 3 rings (SSSR count). The van der Waals surface area contributed by atoms with Crippen LogP contribution in [-0.2, 0) is 4.79 Å². The Labute approximate surface area is 153 Å². The van der Waals surface area contributed by atoms with Gasteiger partial charge in [0.25, 0.3) is 5.91 Å². The molecule has 0 unspecified atom stereocenters. The summed E-state index contributed by atoms with van der Waals surface area (Å²) < 4.78 is 10.6. The summed E-state index contributed by atoms with van der Waals surface area (Å²) >= 11 is 7.40. The van der Waals surface area contributed by atoms with Gasteiger partial charge in [-0.2, -0.15) is 4.98 Å². The lowest BCUT2D eigenvalue weighted by Crippen LogP contribution is -2.30. The molecule has 0 fully saturated rings. The largest absolute Gasteiger partial charge is 0.481 e. The SMILES string of the molecule is Cc1nc(-c2cc(NC(=O)[C@H](C)Oc3cccc(Cl)c3)c(C)s2)no1. The van der Waals surface area contributed by atoms with Crippen LogP contribution in [0.1, 0.15) is 17.7 Å². The second-order valence-corrected chi connectivity index (χ2v) is 7.12. The van der Waals surface area contributed by atoms with E-state index in [9.17, 15) is 4.79 Å². The third-order valence-electron chi connectivity index (χ3n) is 3.40. The molecule has 3 aromatic rings. The number of anilines is 1. The molecular formula is C17H16ClN3O3S. The van der Waals surface area contributed by atoms with Gasteiger partial charge in [0.05, 0.1) is 10.6 Å². The van der Waals surface area contributed by atoms with Gasteiger partial charge in [-0.25, -0.2) is 0 Å². The van der Waals surface area contributed by atoms with E-state index in [1.54, 1.807) is 38.1 Å². The average molecular weight is 378 g/mol. The summed E-state index contributed by atoms with van der Waals surface area (Å²) in [7, 11) is 0. The zero-order chi connectivity index (χ0) is 18.0. The summed E-state index contributed by atoms with van der Waals surface area (Å²) in [5.74, 6) is 1.29. The van der Waals surface area contributed by atoms with Gasteiger partial charge in [0.2, 0.25) is 11.7 Å². The number of carbonyl (C=O) groups is 1. The van der Waals surface area contributed by atoms with Gasteiger partial charge in [0, 0.05) is 16.8 Å². The first kappa shape index (κ1) is 17.4. The molecule has 8 heteroatoms. The minimum absolute atomic E-state index is 0.253. The van der Waals surface area contributed by atoms with Crippen molar-refractivity contribution in [1.29, 1.82) is 0 Å². The lowest BCUT2D eigenvalue weighted by Gasteiger charge is -2.14. The summed E-state index contributed by atoms with van der Waals surface area (Å²) in [5.41, 5.74) is 0.703. The Bertz CT molecular complexity index is 906. The summed E-state index contributed by atoms with van der Waals surface area (Å²) in [6.45, 7) is 5.33. The smallest absolute Gasteiger partial charge is 0.265 e. The van der Waals surface area contributed by atoms with Gasteiger partial charge in [-0.3, -0.25) is 4.79 Å². The van der Waals surface area contributed by atoms with Crippen molar-refractivity contribution in [2.24, 2.45) is 0 Å². The van der Waals surface area contributed by atoms with Crippen LogP contribution in [0, 0.1) is 13.8 Å². The first-order chi connectivity index (χ1) is 11.9. The van der Waals surface area contributed by atoms with Crippen molar-refractivity contribution in [3.05, 3.63) is 46.1 Å². The van der Waals surface area contributed by atoms with Crippen LogP contribution in [0.5, 0.6) is 5.75 Å². The number of nitrogens with zero attached hydrogens (tertiary/aromatic N) is 2. The van der Waals surface area contributed by atoms with Crippen LogP contribution < -0.4 is 10.1 Å². The lowest BCUT2D eigenvalue weighted by molar-refractivity contribution is -0.122. The molecule has 0 aliphatic carbocycles. The average Bonchev–Trinajstić information content (AvgIpc) is 3.14. The van der Waals surface area contributed by atoms with Gasteiger partial charge in [-0.15, -0.1) is 11.3 Å². The molecule has 0 saturated heterocycles. The fourth-order valence-electron chi connectivity index (χ4n) is 2.15. The molecule has 130 valence electrons. The molecular weight excluding hydrogens is 362 g/mol. The molecule has 0 aliphatic heterocycles. The van der Waals surface area contributed by atoms with E-state index in [0.29, 0.717) is 28.2 Å². The molecule has 6 nitrogen and oxygen atoms in total. The van der Waals surface area contributed by atoms with Crippen molar-refractivity contribution in [1.82, 2.24) is 10.1 Å². The van der Waals surface area contributed by atoms with Crippen LogP contribution >= 0.6 is 22.9 Å². The number of amides is 1. The maximum Gasteiger partial charge on any atom is 0.265 e. The van der Waals surface area contributed by atoms with Gasteiger partial charge >= 0.3 is 0 Å². The van der Waals surface area contributed by atoms with Gasteiger partial charge in [-0.1, -0.05) is 22.8 Å². The van der Waals surface area contributed by atoms with Gasteiger partial charge in [0.15, 0.2) is 6.10 Å². The molecule has 0 saturated carbocycles. The topological polar surface area (TPSA) is 77.2 Å². The summed E-state index contributed by atoms with van der Waals surface area (Å²) in [4.78, 5) is 18.4. The predicted octanol–water partition coefficient (Wildman–Crippen LogP) is 4.47. The number of hydrogen-bond acceptors (Lipinski definition) is 6. The number of aromatic nitrogens is 2. The van der Waals surface area contributed by atoms with Crippen LogP contribution in [0.4, 0.5) is 5.69 Å². The minimum atomic E-state index is -0.673. The number of hydrogen-bond donors (Lipinski definition) is 1. The second-order valence-electron chi connectivity index (χ2n) is 5.42. The van der Waals surface area contributed by atoms with Gasteiger partial charge in [-0.05, 0) is 38.1 Å². The third kappa shape index (κ3) is 4.18. The number of rotatable bonds is 5. The molecule has 0 bridgehead atoms. The molecule has 1 N–H and O–H groups in total. The van der Waals surface area contributed by atoms with E-state index in [1.807, 2.05) is 13.0 Å². The van der Waals surface area contributed by atoms with E-state index in [-0.39, 0.29) is 5.91 Å². The quantitative estimate of drug-likeness (QED) is 0.709. The zero-order valence-corrected chi connectivity index (χ0v) is 15.4. The number of carbonyl (C=O) groups excluding carboxylic acids is 1. The predicted molar refractivity (Wildman–Crippen MR) is 97.3 cm³/mol. The van der Waals surface area contributed by atoms with Crippen LogP contribution in [-0.4, -0.2) is 22.2 Å². The molecule has 0 spiro atoms. The fraction of sp³-hybridized carbons (Fsp3) is 0.235. The lowest BCUT2D eigenvalue weighted by atomic mass is 10.3. The van der Waals surface area contributed by atoms with E-state index < -0.39 is 6.10 Å². The summed E-state index contributed by atoms with van der Waals surface area (Å²) in [6, 6.07) is 8.76. The van der Waals surface area contributed by atoms with Crippen molar-refractivity contribution < 1.29 is 14.1 Å². The standard InChI is InChI=1S/C17H16ClN3O3S/c1-9(23-13-6-4-5-12(18)7-13)17(22)20-14-8-15(25-10(14)2)16-19-11(3)24-21-16/h4-9H,1-3H3,(H,20,22)/t9-/m0/s1. The Morgan fingerprint density at radius 2 is 2.16 bits per heavy atom. The molecule has 2 heterocycles. The third-order valence-corrected chi connectivity index (χ3v) is 4.68. The fourth-order valence-corrected chi connectivity index (χ4v) is 3.23. The highest BCUT2D eigenvalue weighted by Crippen LogP contribution is 2.32. The minimum Gasteiger partial charge on any atom is -0.481 e. The first-order valence-electron chi connectivity index (χ1n) is 7.56. The maximum absolute atomic E-state index is 12.4. The van der Waals surface area contributed by atoms with Crippen molar-refractivity contribution in [3.8, 4) is 16.5 Å². The number of halogens is 1. The highest BCUT2D eigenvalue weighted by Gasteiger charge is 2.18. The Hall–Kier alpha value is -2.38. The highest BCUT2D eigenvalue weighted by molar-refractivity contribution is 7.16. The molecule has 25 heavy (non-hydrogen) atoms. The Morgan fingerprint density at radius 1 is 1.36 bits per heavy atom. The van der Waals surface area contributed by atoms with Crippen molar-refractivity contribution in [2.45, 2.75) is 26.9 Å². The van der Waals surface area contributed by atoms with Crippen molar-refractivity contribution in [3.63, 3.8) is 0 Å². The number of benzene rings is 1. The van der Waals surface area contributed by atoms with Gasteiger partial charge in [0.1, 0.15) is 5.75 Å². The number of ether oxygens (including phenoxy) is 1. The number of aryl methyl sites for hydroxylation is 2. The molecule has 1 aromatic carbocycles. The van der Waals surface area contributed by atoms with Crippen LogP contribution in [0.15, 0.2) is 34.9 Å². The van der Waals surface area contributed by atoms with E-state index in [4.69, 9.17) is 20.9 Å². The van der Waals surface area contributed by atoms with Gasteiger partial charge < -0.3 is 14.6 Å². The zero-order valence-electron chi connectivity index (χ0n) is 13.9. The van der Waals surface area contributed by atoms with Crippen LogP contribution in [0.3, 0.4) is 0 Å². The first-order valence-corrected chi connectivity index (χ1v) is 8.76. The number of nitrogens with one attached hydrogen (secondary N) is 1. The molecule has 2 aromatic heterocycles. The monoisotopic (exact) mass is 377 g/mol. The van der Waals surface area contributed by atoms with Crippen molar-refractivity contribution >= 4 is 34.5 Å². The molecule has 1 atom stereocenters. The Morgan fingerprint density at radius 3 is 2.84 bits per heavy atom. The normalized spacial score (nSPS) is 12.0. The van der Waals surface area contributed by atoms with E-state index >= 15 is 0 Å². The van der Waals surface area contributed by atoms with E-state index in [1.165, 1.54) is 11.3 Å². The summed E-state index contributed by atoms with van der Waals surface area (Å²) in [6.07, 6.45) is -0.673. The second kappa shape index (κ2) is 7.25. The van der Waals surface area contributed by atoms with E-state index in [2.05, 4.69) is 15.5 Å². The molecule has 0 radical (unpaired) electrons. The van der Waals surface area contributed by atoms with E-state index in [0.717, 1.165) is 9.75 Å².